The molecule has 0 aliphatic carbocycles. The number of thiophene rings is 2. The van der Waals surface area contributed by atoms with Crippen LogP contribution < -0.4 is 0 Å². The molecule has 2 N–H and O–H groups in total. The van der Waals surface area contributed by atoms with Gasteiger partial charge in [-0.1, -0.05) is 201 Å². The summed E-state index contributed by atoms with van der Waals surface area (Å²) in [6.45, 7) is 0. The molecule has 2 nitrogen and oxygen atoms in total. The molecule has 4 aromatic heterocycles. The van der Waals surface area contributed by atoms with Crippen LogP contribution in [0.2, 0.25) is 0 Å². The van der Waals surface area contributed by atoms with Gasteiger partial charge < -0.3 is 9.97 Å². The molecule has 0 bridgehead atoms. The van der Waals surface area contributed by atoms with Crippen molar-refractivity contribution in [3.05, 3.63) is 275 Å². The van der Waals surface area contributed by atoms with Gasteiger partial charge in [-0.25, -0.2) is 0 Å². The molecule has 0 amide bonds. The van der Waals surface area contributed by atoms with Crippen molar-refractivity contribution in [3.8, 4) is 89.0 Å². The van der Waals surface area contributed by atoms with Crippen molar-refractivity contribution in [2.24, 2.45) is 0 Å². The van der Waals surface area contributed by atoms with Gasteiger partial charge >= 0.3 is 0 Å². The molecule has 13 aromatic carbocycles. The van der Waals surface area contributed by atoms with E-state index in [2.05, 4.69) is 90.4 Å². The second kappa shape index (κ2) is 19.8. The Hall–Kier alpha value is -9.14. The second-order valence-electron chi connectivity index (χ2n) is 20.5. The van der Waals surface area contributed by atoms with Gasteiger partial charge in [-0.2, -0.15) is 0 Å². The zero-order chi connectivity index (χ0) is 73.0. The third-order valence-electron chi connectivity index (χ3n) is 15.8. The van der Waals surface area contributed by atoms with E-state index in [9.17, 15) is 0 Å². The number of rotatable bonds is 8. The summed E-state index contributed by atoms with van der Waals surface area (Å²) in [7, 11) is 0. The summed E-state index contributed by atoms with van der Waals surface area (Å²) in [5.74, 6) is 0. The van der Waals surface area contributed by atoms with Gasteiger partial charge in [0.25, 0.3) is 0 Å². The first kappa shape index (κ1) is 33.2. The molecule has 84 heavy (non-hydrogen) atoms. The molecule has 0 radical (unpaired) electrons. The second-order valence-corrected chi connectivity index (χ2v) is 24.3. The smallest absolute Gasteiger partial charge is 0.0629 e. The van der Waals surface area contributed by atoms with Crippen molar-refractivity contribution >= 4 is 138 Å². The fraction of sp³-hybridized carbons (Fsp3) is 0. The highest BCUT2D eigenvalue weighted by Crippen LogP contribution is 2.51. The molecule has 0 aliphatic heterocycles. The normalized spacial score (nSPS) is 15.3. The van der Waals surface area contributed by atoms with E-state index in [0.717, 1.165) is 115 Å². The highest BCUT2D eigenvalue weighted by Gasteiger charge is 2.24. The molecule has 0 aliphatic rings. The summed E-state index contributed by atoms with van der Waals surface area (Å²) >= 11 is 11.6. The van der Waals surface area contributed by atoms with Gasteiger partial charge in [0.2, 0.25) is 0 Å². The van der Waals surface area contributed by atoms with Crippen LogP contribution in [0, 0.1) is 0 Å². The Kier molecular flexibility index (Phi) is 7.82. The lowest BCUT2D eigenvalue weighted by atomic mass is 9.92. The van der Waals surface area contributed by atoms with Gasteiger partial charge in [-0.3, -0.25) is 0 Å². The van der Waals surface area contributed by atoms with Crippen LogP contribution in [0.15, 0.2) is 275 Å². The Balaban J connectivity index is 0.858. The molecule has 0 unspecified atom stereocenters. The maximum absolute atomic E-state index is 9.02. The lowest BCUT2D eigenvalue weighted by molar-refractivity contribution is 1.51. The predicted molar refractivity (Wildman–Crippen MR) is 370 cm³/mol. The molecule has 0 saturated heterocycles. The fourth-order valence-electron chi connectivity index (χ4n) is 12.0. The monoisotopic (exact) mass is 1250 g/mol. The van der Waals surface area contributed by atoms with Gasteiger partial charge in [0.15, 0.2) is 0 Å². The van der Waals surface area contributed by atoms with Crippen LogP contribution in [0.4, 0.5) is 0 Å². The van der Waals surface area contributed by atoms with Crippen molar-refractivity contribution in [3.63, 3.8) is 0 Å². The minimum Gasteiger partial charge on any atom is -0.354 e. The molecule has 6 heteroatoms. The van der Waals surface area contributed by atoms with Crippen LogP contribution >= 0.6 is 54.5 Å². The van der Waals surface area contributed by atoms with Gasteiger partial charge in [0, 0.05) is 93.0 Å². The first-order valence-electron chi connectivity index (χ1n) is 36.6. The zero-order valence-corrected chi connectivity index (χ0v) is 48.2. The van der Waals surface area contributed by atoms with Crippen molar-refractivity contribution in [1.82, 2.24) is 9.97 Å². The molecule has 0 spiro atoms. The van der Waals surface area contributed by atoms with E-state index in [4.69, 9.17) is 27.4 Å². The molecule has 0 fully saturated rings. The van der Waals surface area contributed by atoms with E-state index in [-0.39, 0.29) is 44.5 Å². The SMILES string of the molecule is [2H]c1c([2H])c([2H])c(-c2cc(-c3ccc4[nH]c5c(-c6cc(Br)c(-c7cc8c9ccccc9sc8c8c7[nH]c7ccc(-c9cc(-c%10c([2H])c([2H])c([2H])c([2H])c%10[2H])cc(-c%10c([2H])c([2H])c([2H])c([2H])c%10[2H])c9)cc78)cc6Br)cc6c7ccccc7sc6c5c4c3)cc(-c3c([2H])c([2H])c([2H])c([2H])c3[2H])c2)c([2H])c1[2H]. The molecule has 0 saturated carbocycles. The Labute approximate surface area is 537 Å². The Morgan fingerprint density at radius 1 is 0.286 bits per heavy atom. The number of halogens is 2. The number of fused-ring (bicyclic) bond motifs is 14. The van der Waals surface area contributed by atoms with Gasteiger partial charge in [0.1, 0.15) is 0 Å². The third kappa shape index (κ3) is 8.15. The number of hydrogen-bond donors (Lipinski definition) is 2. The predicted octanol–water partition coefficient (Wildman–Crippen LogP) is 24.6. The average molecular weight is 1260 g/mol. The van der Waals surface area contributed by atoms with Crippen LogP contribution in [-0.4, -0.2) is 9.97 Å². The Bertz CT molecular complexity index is 6100. The standard InChI is InChI=1S/C78H46Br2N2S2/c79-67-44-60(62-42-64-58-26-14-16-28-72(58)84-78(64)74-66-40-50(30-32-70(66)82-76(62)74)56-37-53(47-21-9-3-10-22-47)34-54(38-56)48-23-11-4-12-24-48)68(80)43-59(67)61-41-63-57-25-13-15-27-71(57)83-77(63)73-65-39-49(29-31-69(65)81-75(61)73)55-35-51(45-17-5-1-6-18-45)33-52(36-55)46-19-7-2-8-20-46/h1-44,81-82H/i1D,2D,3D,4D,5D,6D,7D,8D,9D,10D,11D,12D,17D,18D,19D,20D,21D,22D,23D,24D. The quantitative estimate of drug-likeness (QED) is 0.152. The number of benzene rings is 13. The zero-order valence-electron chi connectivity index (χ0n) is 63.4. The van der Waals surface area contributed by atoms with Crippen LogP contribution in [0.3, 0.4) is 0 Å². The number of aromatic amines is 2. The van der Waals surface area contributed by atoms with E-state index in [1.807, 2.05) is 60.7 Å². The van der Waals surface area contributed by atoms with E-state index in [0.29, 0.717) is 22.3 Å². The lowest BCUT2D eigenvalue weighted by Gasteiger charge is -2.14. The molecule has 17 aromatic rings. The maximum Gasteiger partial charge on any atom is 0.0629 e. The highest BCUT2D eigenvalue weighted by atomic mass is 79.9. The summed E-state index contributed by atoms with van der Waals surface area (Å²) in [5.41, 5.74) is 9.14. The van der Waals surface area contributed by atoms with E-state index in [1.165, 1.54) is 12.1 Å². The summed E-state index contributed by atoms with van der Waals surface area (Å²) in [5, 5.41) is 7.56. The van der Waals surface area contributed by atoms with Crippen LogP contribution in [-0.2, 0) is 0 Å². The minimum absolute atomic E-state index is 0.117. The molecule has 17 rings (SSSR count). The van der Waals surface area contributed by atoms with E-state index >= 15 is 0 Å². The third-order valence-corrected chi connectivity index (χ3v) is 19.5. The number of aromatic nitrogens is 2. The fourth-order valence-corrected chi connectivity index (χ4v) is 15.6. The number of hydrogen-bond acceptors (Lipinski definition) is 2. The summed E-state index contributed by atoms with van der Waals surface area (Å²) < 4.78 is 180. The van der Waals surface area contributed by atoms with Crippen molar-refractivity contribution < 1.29 is 27.4 Å². The Morgan fingerprint density at radius 3 is 0.976 bits per heavy atom. The number of H-pyrrole nitrogens is 2. The number of nitrogens with one attached hydrogen (secondary N) is 2. The van der Waals surface area contributed by atoms with E-state index < -0.39 is 121 Å². The highest BCUT2D eigenvalue weighted by molar-refractivity contribution is 9.11. The van der Waals surface area contributed by atoms with Crippen LogP contribution in [0.1, 0.15) is 27.4 Å². The van der Waals surface area contributed by atoms with E-state index in [1.54, 1.807) is 46.9 Å². The molecule has 0 atom stereocenters. The first-order valence-corrected chi connectivity index (χ1v) is 29.8. The molecule has 394 valence electrons. The summed E-state index contributed by atoms with van der Waals surface area (Å²) in [6, 6.07) is 36.1. The summed E-state index contributed by atoms with van der Waals surface area (Å²) in [4.78, 5) is 7.60. The van der Waals surface area contributed by atoms with Crippen molar-refractivity contribution in [2.75, 3.05) is 0 Å². The molecular weight excluding hydrogens is 1190 g/mol. The van der Waals surface area contributed by atoms with Crippen molar-refractivity contribution in [1.29, 1.82) is 0 Å². The topological polar surface area (TPSA) is 31.6 Å². The van der Waals surface area contributed by atoms with Gasteiger partial charge in [-0.05, 0) is 175 Å². The first-order chi connectivity index (χ1) is 49.7. The van der Waals surface area contributed by atoms with Crippen LogP contribution in [0.25, 0.3) is 173 Å². The maximum atomic E-state index is 9.02. The molecule has 4 heterocycles. The lowest BCUT2D eigenvalue weighted by Crippen LogP contribution is -1.89. The Morgan fingerprint density at radius 2 is 0.619 bits per heavy atom. The van der Waals surface area contributed by atoms with Crippen LogP contribution in [0.5, 0.6) is 0 Å². The van der Waals surface area contributed by atoms with Gasteiger partial charge in [0.05, 0.1) is 38.4 Å². The summed E-state index contributed by atoms with van der Waals surface area (Å²) in [6.07, 6.45) is 0. The average Bonchev–Trinajstić information content (AvgIpc) is 1.55. The largest absolute Gasteiger partial charge is 0.354 e. The van der Waals surface area contributed by atoms with Crippen molar-refractivity contribution in [2.45, 2.75) is 0 Å². The minimum atomic E-state index is -0.576. The van der Waals surface area contributed by atoms with Gasteiger partial charge in [-0.15, -0.1) is 22.7 Å². The molecular formula is C78H46Br2N2S2.